The van der Waals surface area contributed by atoms with E-state index in [1.807, 2.05) is 18.2 Å². The number of hydrogen-bond acceptors (Lipinski definition) is 3. The van der Waals surface area contributed by atoms with E-state index in [1.54, 1.807) is 0 Å². The lowest BCUT2D eigenvalue weighted by molar-refractivity contribution is 0.668. The highest BCUT2D eigenvalue weighted by Gasteiger charge is 2.25. The van der Waals surface area contributed by atoms with E-state index in [9.17, 15) is 0 Å². The molecule has 8 aromatic carbocycles. The molecule has 3 heteroatoms. The normalized spacial score (nSPS) is 11.7. The minimum Gasteiger partial charge on any atom is -0.456 e. The summed E-state index contributed by atoms with van der Waals surface area (Å²) >= 11 is 0. The molecule has 0 saturated carbocycles. The molecule has 0 radical (unpaired) electrons. The number of nitrogens with zero attached hydrogens (tertiary/aromatic N) is 1. The van der Waals surface area contributed by atoms with Crippen LogP contribution in [-0.4, -0.2) is 0 Å². The molecule has 0 spiro atoms. The number of rotatable bonds is 5. The summed E-state index contributed by atoms with van der Waals surface area (Å²) in [6, 6.07) is 61.9. The second-order valence-corrected chi connectivity index (χ2v) is 12.5. The summed E-state index contributed by atoms with van der Waals surface area (Å²) in [6.45, 7) is 0. The Hall–Kier alpha value is -6.58. The number of fused-ring (bicyclic) bond motifs is 7. The lowest BCUT2D eigenvalue weighted by Gasteiger charge is -2.27. The Balaban J connectivity index is 1.25. The summed E-state index contributed by atoms with van der Waals surface area (Å²) in [5.41, 5.74) is 11.1. The summed E-state index contributed by atoms with van der Waals surface area (Å²) in [7, 11) is 0. The first-order valence-corrected chi connectivity index (χ1v) is 16.6. The van der Waals surface area contributed by atoms with Gasteiger partial charge in [-0.1, -0.05) is 133 Å². The van der Waals surface area contributed by atoms with Crippen LogP contribution in [-0.2, 0) is 0 Å². The highest BCUT2D eigenvalue weighted by atomic mass is 16.3. The van der Waals surface area contributed by atoms with E-state index in [-0.39, 0.29) is 0 Å². The van der Waals surface area contributed by atoms with E-state index in [0.717, 1.165) is 72.1 Å². The van der Waals surface area contributed by atoms with Crippen molar-refractivity contribution in [2.75, 3.05) is 4.90 Å². The predicted molar refractivity (Wildman–Crippen MR) is 204 cm³/mol. The van der Waals surface area contributed by atoms with Crippen LogP contribution >= 0.6 is 0 Å². The van der Waals surface area contributed by atoms with Gasteiger partial charge in [-0.15, -0.1) is 0 Å². The number of benzene rings is 8. The zero-order valence-electron chi connectivity index (χ0n) is 26.5. The smallest absolute Gasteiger partial charge is 0.160 e. The van der Waals surface area contributed by atoms with Crippen molar-refractivity contribution in [3.63, 3.8) is 0 Å². The van der Waals surface area contributed by atoms with Gasteiger partial charge < -0.3 is 13.7 Å². The maximum absolute atomic E-state index is 6.83. The molecule has 0 aliphatic carbocycles. The third-order valence-corrected chi connectivity index (χ3v) is 9.68. The Morgan fingerprint density at radius 1 is 0.347 bits per heavy atom. The van der Waals surface area contributed by atoms with E-state index in [0.29, 0.717) is 0 Å². The first kappa shape index (κ1) is 27.5. The molecule has 230 valence electrons. The maximum Gasteiger partial charge on any atom is 0.160 e. The van der Waals surface area contributed by atoms with Crippen LogP contribution in [0.3, 0.4) is 0 Å². The Morgan fingerprint density at radius 3 is 1.78 bits per heavy atom. The van der Waals surface area contributed by atoms with Gasteiger partial charge in [0.2, 0.25) is 0 Å². The largest absolute Gasteiger partial charge is 0.456 e. The SMILES string of the molecule is c1ccc(-c2ccc(N(c3ccc(-c4cccc5ccccc45)cc3)c3cccc4oc5ccccc5c34)c3oc4ccccc4c23)cc1. The molecule has 2 aromatic heterocycles. The zero-order valence-corrected chi connectivity index (χ0v) is 26.5. The quantitative estimate of drug-likeness (QED) is 0.190. The lowest BCUT2D eigenvalue weighted by atomic mass is 9.97. The Labute approximate surface area is 282 Å². The van der Waals surface area contributed by atoms with Crippen molar-refractivity contribution in [2.24, 2.45) is 0 Å². The van der Waals surface area contributed by atoms with Crippen molar-refractivity contribution >= 4 is 71.7 Å². The minimum absolute atomic E-state index is 0.838. The molecule has 3 nitrogen and oxygen atoms in total. The second-order valence-electron chi connectivity index (χ2n) is 12.5. The predicted octanol–water partition coefficient (Wildman–Crippen LogP) is 13.4. The van der Waals surface area contributed by atoms with Crippen molar-refractivity contribution in [3.8, 4) is 22.3 Å². The molecule has 0 atom stereocenters. The van der Waals surface area contributed by atoms with E-state index < -0.39 is 0 Å². The molecule has 10 rings (SSSR count). The monoisotopic (exact) mass is 627 g/mol. The van der Waals surface area contributed by atoms with Gasteiger partial charge in [0, 0.05) is 21.8 Å². The zero-order chi connectivity index (χ0) is 32.3. The second kappa shape index (κ2) is 11.0. The fourth-order valence-electron chi connectivity index (χ4n) is 7.47. The number of furan rings is 2. The number of para-hydroxylation sites is 2. The van der Waals surface area contributed by atoms with Crippen LogP contribution in [0, 0.1) is 0 Å². The van der Waals surface area contributed by atoms with E-state index in [1.165, 1.54) is 21.9 Å². The van der Waals surface area contributed by atoms with E-state index in [2.05, 4.69) is 163 Å². The van der Waals surface area contributed by atoms with Crippen LogP contribution in [0.15, 0.2) is 185 Å². The summed E-state index contributed by atoms with van der Waals surface area (Å²) < 4.78 is 13.2. The highest BCUT2D eigenvalue weighted by molar-refractivity contribution is 6.19. The fourth-order valence-corrected chi connectivity index (χ4v) is 7.47. The molecule has 0 aliphatic heterocycles. The van der Waals surface area contributed by atoms with Gasteiger partial charge in [0.1, 0.15) is 16.7 Å². The Bertz CT molecular complexity index is 2820. The molecule has 10 aromatic rings. The molecular weight excluding hydrogens is 599 g/mol. The van der Waals surface area contributed by atoms with Crippen molar-refractivity contribution in [3.05, 3.63) is 176 Å². The van der Waals surface area contributed by atoms with Gasteiger partial charge in [-0.2, -0.15) is 0 Å². The molecule has 0 saturated heterocycles. The summed E-state index contributed by atoms with van der Waals surface area (Å²) in [5.74, 6) is 0. The van der Waals surface area contributed by atoms with Crippen molar-refractivity contribution < 1.29 is 8.83 Å². The third-order valence-electron chi connectivity index (χ3n) is 9.68. The highest BCUT2D eigenvalue weighted by Crippen LogP contribution is 2.48. The maximum atomic E-state index is 6.83. The average molecular weight is 628 g/mol. The summed E-state index contributed by atoms with van der Waals surface area (Å²) in [6.07, 6.45) is 0. The van der Waals surface area contributed by atoms with Crippen LogP contribution in [0.2, 0.25) is 0 Å². The van der Waals surface area contributed by atoms with Crippen LogP contribution in [0.1, 0.15) is 0 Å². The van der Waals surface area contributed by atoms with Gasteiger partial charge in [0.15, 0.2) is 5.58 Å². The van der Waals surface area contributed by atoms with E-state index >= 15 is 0 Å². The lowest BCUT2D eigenvalue weighted by Crippen LogP contribution is -2.10. The van der Waals surface area contributed by atoms with Crippen molar-refractivity contribution in [1.29, 1.82) is 0 Å². The van der Waals surface area contributed by atoms with Gasteiger partial charge in [0.25, 0.3) is 0 Å². The Morgan fingerprint density at radius 2 is 0.959 bits per heavy atom. The van der Waals surface area contributed by atoms with Crippen molar-refractivity contribution in [1.82, 2.24) is 0 Å². The minimum atomic E-state index is 0.838. The first-order chi connectivity index (χ1) is 24.3. The van der Waals surface area contributed by atoms with Gasteiger partial charge in [-0.3, -0.25) is 0 Å². The van der Waals surface area contributed by atoms with Crippen molar-refractivity contribution in [2.45, 2.75) is 0 Å². The molecule has 49 heavy (non-hydrogen) atoms. The molecular formula is C46H29NO2. The molecule has 0 aliphatic rings. The van der Waals surface area contributed by atoms with Crippen LogP contribution in [0.5, 0.6) is 0 Å². The average Bonchev–Trinajstić information content (AvgIpc) is 3.75. The van der Waals surface area contributed by atoms with E-state index in [4.69, 9.17) is 8.83 Å². The molecule has 0 unspecified atom stereocenters. The summed E-state index contributed by atoms with van der Waals surface area (Å²) in [5, 5.41) is 6.80. The fraction of sp³-hybridized carbons (Fsp3) is 0. The third kappa shape index (κ3) is 4.37. The topological polar surface area (TPSA) is 29.5 Å². The molecule has 0 N–H and O–H groups in total. The van der Waals surface area contributed by atoms with Crippen LogP contribution in [0.4, 0.5) is 17.1 Å². The van der Waals surface area contributed by atoms with Gasteiger partial charge >= 0.3 is 0 Å². The standard InChI is InChI=1S/C46H29NO2/c1-2-12-31(13-3-1)36-28-29-40(46-44(36)37-17-6-9-22-42(37)49-46)47(39-20-11-23-43-45(39)38-18-7-8-21-41(38)48-43)33-26-24-32(25-27-33)35-19-10-15-30-14-4-5-16-34(30)35/h1-29H. The Kier molecular flexibility index (Phi) is 6.18. The van der Waals surface area contributed by atoms with Gasteiger partial charge in [-0.05, 0) is 75.5 Å². The molecule has 2 heterocycles. The molecule has 0 amide bonds. The number of hydrogen-bond donors (Lipinski definition) is 0. The van der Waals surface area contributed by atoms with Gasteiger partial charge in [-0.25, -0.2) is 0 Å². The van der Waals surface area contributed by atoms with Crippen LogP contribution < -0.4 is 4.90 Å². The van der Waals surface area contributed by atoms with Crippen LogP contribution in [0.25, 0.3) is 76.9 Å². The first-order valence-electron chi connectivity index (χ1n) is 16.6. The molecule has 0 fully saturated rings. The number of anilines is 3. The van der Waals surface area contributed by atoms with Gasteiger partial charge in [0.05, 0.1) is 16.8 Å². The summed E-state index contributed by atoms with van der Waals surface area (Å²) in [4.78, 5) is 2.33. The molecule has 0 bridgehead atoms.